The quantitative estimate of drug-likeness (QED) is 0.172. The standard InChI is InChI=1S/C37H44ClN9O2/c38-31-20-40-37(44-35(31)30-19-39-32-4-2-1-3-29(30)32)42-26-14-16-45(21-26)15-11-24-12-17-46(18-13-24)28-22-47(23-28)27-7-5-25(6-8-27)41-33-9-10-34(48)43-36(33)49/h1-8,19-20,24,26,28,33,39,41H,9-18,21-23H2,(H,40,42,44)(H,43,48,49)/t26-,33?/m1/s1. The van der Waals surface area contributed by atoms with Gasteiger partial charge in [0.15, 0.2) is 0 Å². The number of aromatic amines is 1. The van der Waals surface area contributed by atoms with Gasteiger partial charge in [-0.25, -0.2) is 9.97 Å². The largest absolute Gasteiger partial charge is 0.374 e. The van der Waals surface area contributed by atoms with Crippen molar-refractivity contribution in [2.24, 2.45) is 5.92 Å². The molecule has 8 rings (SSSR count). The molecule has 49 heavy (non-hydrogen) atoms. The molecule has 6 heterocycles. The highest BCUT2D eigenvalue weighted by molar-refractivity contribution is 6.33. The van der Waals surface area contributed by atoms with Crippen LogP contribution in [-0.4, -0.2) is 101 Å². The lowest BCUT2D eigenvalue weighted by Crippen LogP contribution is -2.61. The molecule has 4 aliphatic heterocycles. The Morgan fingerprint density at radius 1 is 0.918 bits per heavy atom. The summed E-state index contributed by atoms with van der Waals surface area (Å²) in [4.78, 5) is 43.8. The summed E-state index contributed by atoms with van der Waals surface area (Å²) in [5, 5.41) is 10.9. The summed E-state index contributed by atoms with van der Waals surface area (Å²) in [6.45, 7) is 7.77. The highest BCUT2D eigenvalue weighted by Gasteiger charge is 2.34. The number of piperidine rings is 2. The highest BCUT2D eigenvalue weighted by Crippen LogP contribution is 2.33. The van der Waals surface area contributed by atoms with Crippen molar-refractivity contribution in [2.75, 3.05) is 61.3 Å². The number of nitrogens with zero attached hydrogens (tertiary/aromatic N) is 5. The number of rotatable bonds is 10. The van der Waals surface area contributed by atoms with Crippen LogP contribution in [0.15, 0.2) is 60.9 Å². The van der Waals surface area contributed by atoms with Crippen molar-refractivity contribution >= 4 is 51.6 Å². The van der Waals surface area contributed by atoms with E-state index in [-0.39, 0.29) is 17.9 Å². The van der Waals surface area contributed by atoms with Gasteiger partial charge in [-0.2, -0.15) is 0 Å². The Balaban J connectivity index is 0.747. The number of hydrogen-bond acceptors (Lipinski definition) is 9. The molecule has 4 N–H and O–H groups in total. The van der Waals surface area contributed by atoms with Crippen LogP contribution >= 0.6 is 11.6 Å². The number of para-hydroxylation sites is 1. The maximum Gasteiger partial charge on any atom is 0.249 e. The lowest BCUT2D eigenvalue weighted by atomic mass is 9.91. The summed E-state index contributed by atoms with van der Waals surface area (Å²) in [6, 6.07) is 17.1. The number of benzene rings is 2. The van der Waals surface area contributed by atoms with E-state index in [9.17, 15) is 9.59 Å². The van der Waals surface area contributed by atoms with Crippen LogP contribution in [0.3, 0.4) is 0 Å². The summed E-state index contributed by atoms with van der Waals surface area (Å²) >= 11 is 6.55. The van der Waals surface area contributed by atoms with Crippen LogP contribution in [0.4, 0.5) is 17.3 Å². The first-order valence-electron chi connectivity index (χ1n) is 17.7. The average molecular weight is 682 g/mol. The zero-order valence-electron chi connectivity index (χ0n) is 27.7. The van der Waals surface area contributed by atoms with Gasteiger partial charge >= 0.3 is 0 Å². The Kier molecular flexibility index (Phi) is 9.14. The SMILES string of the molecule is O=C1CCC(Nc2ccc(N3CC(N4CCC(CCN5CC[C@@H](Nc6ncc(Cl)c(-c7c[nH]c8ccccc78)n6)C5)CC4)C3)cc2)C(=O)N1. The van der Waals surface area contributed by atoms with Crippen molar-refractivity contribution in [3.63, 3.8) is 0 Å². The molecular formula is C37H44ClN9O2. The van der Waals surface area contributed by atoms with Crippen molar-refractivity contribution in [3.05, 3.63) is 65.9 Å². The van der Waals surface area contributed by atoms with Gasteiger partial charge < -0.3 is 25.4 Å². The maximum absolute atomic E-state index is 12.1. The van der Waals surface area contributed by atoms with Crippen molar-refractivity contribution < 1.29 is 9.59 Å². The Hall–Kier alpha value is -4.19. The topological polar surface area (TPSA) is 122 Å². The molecular weight excluding hydrogens is 638 g/mol. The first kappa shape index (κ1) is 32.0. The van der Waals surface area contributed by atoms with Crippen LogP contribution in [0, 0.1) is 5.92 Å². The molecule has 4 aromatic rings. The van der Waals surface area contributed by atoms with E-state index in [0.29, 0.717) is 35.9 Å². The van der Waals surface area contributed by atoms with E-state index in [1.54, 1.807) is 6.20 Å². The molecule has 4 aliphatic rings. The molecule has 2 atom stereocenters. The molecule has 0 saturated carbocycles. The van der Waals surface area contributed by atoms with Crippen molar-refractivity contribution in [1.82, 2.24) is 30.1 Å². The van der Waals surface area contributed by atoms with Crippen molar-refractivity contribution in [3.8, 4) is 11.3 Å². The van der Waals surface area contributed by atoms with E-state index in [4.69, 9.17) is 16.6 Å². The predicted molar refractivity (Wildman–Crippen MR) is 194 cm³/mol. The minimum Gasteiger partial charge on any atom is -0.374 e. The molecule has 2 amide bonds. The van der Waals surface area contributed by atoms with Gasteiger partial charge in [-0.05, 0) is 88.0 Å². The van der Waals surface area contributed by atoms with E-state index in [1.807, 2.05) is 30.5 Å². The third-order valence-electron chi connectivity index (χ3n) is 10.9. The molecule has 2 aromatic heterocycles. The number of fused-ring (bicyclic) bond motifs is 1. The second-order valence-corrected chi connectivity index (χ2v) is 14.5. The van der Waals surface area contributed by atoms with E-state index < -0.39 is 0 Å². The second kappa shape index (κ2) is 14.0. The fourth-order valence-electron chi connectivity index (χ4n) is 7.90. The number of carbonyl (C=O) groups excluding carboxylic acids is 2. The lowest BCUT2D eigenvalue weighted by Gasteiger charge is -2.48. The summed E-state index contributed by atoms with van der Waals surface area (Å²) in [5.74, 6) is 0.997. The summed E-state index contributed by atoms with van der Waals surface area (Å²) in [7, 11) is 0. The number of likely N-dealkylation sites (tertiary alicyclic amines) is 2. The van der Waals surface area contributed by atoms with E-state index >= 15 is 0 Å². The Morgan fingerprint density at radius 2 is 1.73 bits per heavy atom. The lowest BCUT2D eigenvalue weighted by molar-refractivity contribution is -0.133. The molecule has 0 aliphatic carbocycles. The number of nitrogens with one attached hydrogen (secondary N) is 4. The van der Waals surface area contributed by atoms with Gasteiger partial charge in [0.1, 0.15) is 6.04 Å². The van der Waals surface area contributed by atoms with Crippen molar-refractivity contribution in [1.29, 1.82) is 0 Å². The average Bonchev–Trinajstić information content (AvgIpc) is 3.73. The fourth-order valence-corrected chi connectivity index (χ4v) is 8.09. The van der Waals surface area contributed by atoms with Gasteiger partial charge in [0.25, 0.3) is 0 Å². The minimum absolute atomic E-state index is 0.192. The first-order chi connectivity index (χ1) is 23.9. The molecule has 0 bridgehead atoms. The molecule has 0 spiro atoms. The third kappa shape index (κ3) is 7.11. The van der Waals surface area contributed by atoms with Crippen molar-refractivity contribution in [2.45, 2.75) is 56.7 Å². The number of carbonyl (C=O) groups is 2. The molecule has 4 saturated heterocycles. The first-order valence-corrected chi connectivity index (χ1v) is 18.1. The zero-order valence-corrected chi connectivity index (χ0v) is 28.5. The minimum atomic E-state index is -0.356. The fraction of sp³-hybridized carbons (Fsp3) is 0.459. The number of imide groups is 1. The third-order valence-corrected chi connectivity index (χ3v) is 11.2. The monoisotopic (exact) mass is 681 g/mol. The Bertz CT molecular complexity index is 1800. The summed E-state index contributed by atoms with van der Waals surface area (Å²) in [5.41, 5.74) is 4.94. The van der Waals surface area contributed by atoms with E-state index in [2.05, 4.69) is 64.9 Å². The predicted octanol–water partition coefficient (Wildman–Crippen LogP) is 4.97. The van der Waals surface area contributed by atoms with Crippen LogP contribution in [0.2, 0.25) is 5.02 Å². The summed E-state index contributed by atoms with van der Waals surface area (Å²) in [6.07, 6.45) is 9.49. The van der Waals surface area contributed by atoms with Crippen LogP contribution in [0.1, 0.15) is 38.5 Å². The van der Waals surface area contributed by atoms with Crippen LogP contribution in [-0.2, 0) is 9.59 Å². The number of anilines is 3. The molecule has 11 nitrogen and oxygen atoms in total. The Morgan fingerprint density at radius 3 is 2.55 bits per heavy atom. The second-order valence-electron chi connectivity index (χ2n) is 14.1. The summed E-state index contributed by atoms with van der Waals surface area (Å²) < 4.78 is 0. The van der Waals surface area contributed by atoms with Crippen LogP contribution in [0.25, 0.3) is 22.2 Å². The maximum atomic E-state index is 12.1. The van der Waals surface area contributed by atoms with Crippen LogP contribution < -0.4 is 20.9 Å². The molecule has 2 aromatic carbocycles. The van der Waals surface area contributed by atoms with Gasteiger partial charge in [0, 0.05) is 78.7 Å². The molecule has 4 fully saturated rings. The Labute approximate surface area is 291 Å². The smallest absolute Gasteiger partial charge is 0.249 e. The van der Waals surface area contributed by atoms with Gasteiger partial charge in [-0.3, -0.25) is 19.8 Å². The normalized spacial score (nSPS) is 22.8. The number of H-pyrrole nitrogens is 1. The molecule has 1 unspecified atom stereocenters. The number of aromatic nitrogens is 3. The van der Waals surface area contributed by atoms with Gasteiger partial charge in [-0.15, -0.1) is 0 Å². The van der Waals surface area contributed by atoms with Gasteiger partial charge in [-0.1, -0.05) is 29.8 Å². The zero-order chi connectivity index (χ0) is 33.3. The molecule has 256 valence electrons. The van der Waals surface area contributed by atoms with Gasteiger partial charge in [0.2, 0.25) is 17.8 Å². The van der Waals surface area contributed by atoms with Gasteiger partial charge in [0.05, 0.1) is 16.9 Å². The van der Waals surface area contributed by atoms with E-state index in [1.165, 1.54) is 38.0 Å². The number of amides is 2. The number of hydrogen-bond donors (Lipinski definition) is 4. The molecule has 0 radical (unpaired) electrons. The van der Waals surface area contributed by atoms with Crippen LogP contribution in [0.5, 0.6) is 0 Å². The molecule has 12 heteroatoms. The van der Waals surface area contributed by atoms with E-state index in [0.717, 1.165) is 72.9 Å². The highest BCUT2D eigenvalue weighted by atomic mass is 35.5. The number of halogens is 1.